The molecule has 4 aromatic rings. The predicted molar refractivity (Wildman–Crippen MR) is 135 cm³/mol. The molecule has 0 fully saturated rings. The molecule has 4 rings (SSSR count). The first-order valence-electron chi connectivity index (χ1n) is 11.3. The summed E-state index contributed by atoms with van der Waals surface area (Å²) < 4.78 is 5.51. The van der Waals surface area contributed by atoms with Crippen LogP contribution in [0, 0.1) is 6.92 Å². The Hall–Kier alpha value is -4.46. The fourth-order valence-electron chi connectivity index (χ4n) is 3.57. The number of amides is 2. The number of imidazole rings is 1. The average molecular weight is 471 g/mol. The third-order valence-corrected chi connectivity index (χ3v) is 5.43. The van der Waals surface area contributed by atoms with E-state index in [4.69, 9.17) is 4.74 Å². The summed E-state index contributed by atoms with van der Waals surface area (Å²) in [6.07, 6.45) is -0.649. The summed E-state index contributed by atoms with van der Waals surface area (Å²) in [5.74, 6) is -0.501. The SMILES string of the molecule is CCC(OC(=O)c1ccc2nc(-c3ccc(C)cc3)[nH]c2c1)C(=O)Nc1ccc(NC(C)=O)cc1. The summed E-state index contributed by atoms with van der Waals surface area (Å²) in [6, 6.07) is 19.7. The van der Waals surface area contributed by atoms with Gasteiger partial charge >= 0.3 is 5.97 Å². The number of esters is 1. The fraction of sp³-hybridized carbons (Fsp3) is 0.185. The van der Waals surface area contributed by atoms with Crippen molar-refractivity contribution >= 4 is 40.2 Å². The van der Waals surface area contributed by atoms with Crippen molar-refractivity contribution in [2.24, 2.45) is 0 Å². The van der Waals surface area contributed by atoms with Crippen molar-refractivity contribution in [2.45, 2.75) is 33.3 Å². The molecule has 0 saturated heterocycles. The summed E-state index contributed by atoms with van der Waals surface area (Å²) in [4.78, 5) is 44.5. The van der Waals surface area contributed by atoms with E-state index in [2.05, 4.69) is 20.6 Å². The highest BCUT2D eigenvalue weighted by Crippen LogP contribution is 2.22. The number of carbonyl (C=O) groups is 3. The Bertz CT molecular complexity index is 1370. The number of aromatic nitrogens is 2. The van der Waals surface area contributed by atoms with E-state index in [0.29, 0.717) is 34.7 Å². The minimum absolute atomic E-state index is 0.181. The summed E-state index contributed by atoms with van der Waals surface area (Å²) in [5.41, 5.74) is 5.00. The third kappa shape index (κ3) is 5.73. The van der Waals surface area contributed by atoms with Crippen LogP contribution in [0.1, 0.15) is 36.2 Å². The van der Waals surface area contributed by atoms with Crippen molar-refractivity contribution < 1.29 is 19.1 Å². The van der Waals surface area contributed by atoms with Crippen LogP contribution in [-0.2, 0) is 14.3 Å². The largest absolute Gasteiger partial charge is 0.449 e. The van der Waals surface area contributed by atoms with E-state index in [1.54, 1.807) is 49.4 Å². The maximum absolute atomic E-state index is 12.8. The second kappa shape index (κ2) is 10.2. The molecule has 1 atom stereocenters. The van der Waals surface area contributed by atoms with Crippen LogP contribution in [0.4, 0.5) is 11.4 Å². The first kappa shape index (κ1) is 23.7. The number of nitrogens with one attached hydrogen (secondary N) is 3. The van der Waals surface area contributed by atoms with Gasteiger partial charge in [0.1, 0.15) is 5.82 Å². The normalized spacial score (nSPS) is 11.6. The molecule has 2 amide bonds. The lowest BCUT2D eigenvalue weighted by Crippen LogP contribution is -2.32. The number of rotatable bonds is 7. The van der Waals surface area contributed by atoms with Crippen LogP contribution < -0.4 is 10.6 Å². The van der Waals surface area contributed by atoms with Gasteiger partial charge in [0.25, 0.3) is 5.91 Å². The number of ether oxygens (including phenoxy) is 1. The number of benzene rings is 3. The van der Waals surface area contributed by atoms with E-state index < -0.39 is 18.0 Å². The minimum Gasteiger partial charge on any atom is -0.449 e. The molecule has 8 nitrogen and oxygen atoms in total. The molecule has 0 bridgehead atoms. The smallest absolute Gasteiger partial charge is 0.338 e. The van der Waals surface area contributed by atoms with Crippen molar-refractivity contribution in [3.63, 3.8) is 0 Å². The predicted octanol–water partition coefficient (Wildman–Crippen LogP) is 5.07. The molecule has 0 aliphatic carbocycles. The summed E-state index contributed by atoms with van der Waals surface area (Å²) in [6.45, 7) is 5.21. The van der Waals surface area contributed by atoms with Gasteiger partial charge in [-0.2, -0.15) is 0 Å². The van der Waals surface area contributed by atoms with Gasteiger partial charge in [-0.1, -0.05) is 36.8 Å². The topological polar surface area (TPSA) is 113 Å². The van der Waals surface area contributed by atoms with Crippen molar-refractivity contribution in [2.75, 3.05) is 10.6 Å². The van der Waals surface area contributed by atoms with E-state index in [0.717, 1.165) is 16.6 Å². The van der Waals surface area contributed by atoms with E-state index >= 15 is 0 Å². The number of H-pyrrole nitrogens is 1. The van der Waals surface area contributed by atoms with Gasteiger partial charge in [-0.3, -0.25) is 9.59 Å². The highest BCUT2D eigenvalue weighted by molar-refractivity contribution is 5.99. The van der Waals surface area contributed by atoms with Gasteiger partial charge in [0.15, 0.2) is 6.10 Å². The molecule has 8 heteroatoms. The lowest BCUT2D eigenvalue weighted by atomic mass is 10.1. The zero-order valence-electron chi connectivity index (χ0n) is 19.7. The number of aromatic amines is 1. The number of fused-ring (bicyclic) bond motifs is 1. The molecule has 0 radical (unpaired) electrons. The number of anilines is 2. The molecule has 0 saturated carbocycles. The lowest BCUT2D eigenvalue weighted by Gasteiger charge is -2.16. The van der Waals surface area contributed by atoms with Crippen LogP contribution in [-0.4, -0.2) is 33.9 Å². The monoisotopic (exact) mass is 470 g/mol. The molecular formula is C27H26N4O4. The summed E-state index contributed by atoms with van der Waals surface area (Å²) >= 11 is 0. The lowest BCUT2D eigenvalue weighted by molar-refractivity contribution is -0.124. The molecule has 0 aliphatic rings. The molecule has 0 aliphatic heterocycles. The average Bonchev–Trinajstić information content (AvgIpc) is 3.27. The highest BCUT2D eigenvalue weighted by Gasteiger charge is 2.22. The summed E-state index contributed by atoms with van der Waals surface area (Å²) in [7, 11) is 0. The van der Waals surface area contributed by atoms with Crippen LogP contribution in [0.3, 0.4) is 0 Å². The number of nitrogens with zero attached hydrogens (tertiary/aromatic N) is 1. The van der Waals surface area contributed by atoms with Crippen molar-refractivity contribution in [3.8, 4) is 11.4 Å². The quantitative estimate of drug-likeness (QED) is 0.326. The molecule has 178 valence electrons. The number of carbonyl (C=O) groups excluding carboxylic acids is 3. The maximum atomic E-state index is 12.8. The van der Waals surface area contributed by atoms with Crippen LogP contribution in [0.15, 0.2) is 66.7 Å². The van der Waals surface area contributed by atoms with Crippen LogP contribution in [0.25, 0.3) is 22.4 Å². The molecule has 3 aromatic carbocycles. The van der Waals surface area contributed by atoms with Crippen LogP contribution in [0.2, 0.25) is 0 Å². The Labute approximate surface area is 202 Å². The van der Waals surface area contributed by atoms with Crippen LogP contribution in [0.5, 0.6) is 0 Å². The Morgan fingerprint density at radius 1 is 0.943 bits per heavy atom. The third-order valence-electron chi connectivity index (χ3n) is 5.43. The van der Waals surface area contributed by atoms with Crippen LogP contribution >= 0.6 is 0 Å². The van der Waals surface area contributed by atoms with Gasteiger partial charge in [-0.15, -0.1) is 0 Å². The number of hydrogen-bond donors (Lipinski definition) is 3. The number of hydrogen-bond acceptors (Lipinski definition) is 5. The van der Waals surface area contributed by atoms with Crippen molar-refractivity contribution in [3.05, 3.63) is 77.9 Å². The Morgan fingerprint density at radius 3 is 2.23 bits per heavy atom. The molecule has 3 N–H and O–H groups in total. The Morgan fingerprint density at radius 2 is 1.60 bits per heavy atom. The van der Waals surface area contributed by atoms with Crippen molar-refractivity contribution in [1.82, 2.24) is 9.97 Å². The second-order valence-corrected chi connectivity index (χ2v) is 8.23. The number of aryl methyl sites for hydroxylation is 1. The molecule has 0 spiro atoms. The molecule has 1 aromatic heterocycles. The molecular weight excluding hydrogens is 444 g/mol. The zero-order chi connectivity index (χ0) is 24.9. The van der Waals surface area contributed by atoms with Gasteiger partial charge in [0.2, 0.25) is 5.91 Å². The first-order valence-corrected chi connectivity index (χ1v) is 11.3. The highest BCUT2D eigenvalue weighted by atomic mass is 16.5. The van der Waals surface area contributed by atoms with E-state index in [-0.39, 0.29) is 5.91 Å². The standard InChI is InChI=1S/C27H26N4O4/c1-4-24(26(33)29-21-12-10-20(11-13-21)28-17(3)32)35-27(34)19-9-14-22-23(15-19)31-25(30-22)18-7-5-16(2)6-8-18/h5-15,24H,4H2,1-3H3,(H,28,32)(H,29,33)(H,30,31). The Balaban J connectivity index is 1.44. The summed E-state index contributed by atoms with van der Waals surface area (Å²) in [5, 5.41) is 5.40. The van der Waals surface area contributed by atoms with Crippen molar-refractivity contribution in [1.29, 1.82) is 0 Å². The van der Waals surface area contributed by atoms with Gasteiger partial charge in [-0.05, 0) is 55.8 Å². The molecule has 35 heavy (non-hydrogen) atoms. The minimum atomic E-state index is -0.960. The van der Waals surface area contributed by atoms with E-state index in [1.807, 2.05) is 31.2 Å². The first-order chi connectivity index (χ1) is 16.8. The fourth-order valence-corrected chi connectivity index (χ4v) is 3.57. The van der Waals surface area contributed by atoms with Gasteiger partial charge < -0.3 is 20.4 Å². The Kier molecular flexibility index (Phi) is 6.91. The maximum Gasteiger partial charge on any atom is 0.338 e. The van der Waals surface area contributed by atoms with E-state index in [1.165, 1.54) is 6.92 Å². The van der Waals surface area contributed by atoms with Gasteiger partial charge in [0, 0.05) is 23.9 Å². The molecule has 1 heterocycles. The van der Waals surface area contributed by atoms with E-state index in [9.17, 15) is 14.4 Å². The zero-order valence-corrected chi connectivity index (χ0v) is 19.7. The van der Waals surface area contributed by atoms with Gasteiger partial charge in [0.05, 0.1) is 16.6 Å². The molecule has 1 unspecified atom stereocenters. The van der Waals surface area contributed by atoms with Gasteiger partial charge in [-0.25, -0.2) is 9.78 Å². The second-order valence-electron chi connectivity index (χ2n) is 8.23.